The number of hydrogen-bond acceptors (Lipinski definition) is 4. The summed E-state index contributed by atoms with van der Waals surface area (Å²) in [7, 11) is 3.31. The van der Waals surface area contributed by atoms with Gasteiger partial charge in [0.2, 0.25) is 6.08 Å². The molecule has 0 spiro atoms. The maximum absolute atomic E-state index is 10.9. The molecular weight excluding hydrogens is 254 g/mol. The van der Waals surface area contributed by atoms with Crippen LogP contribution in [0.2, 0.25) is 0 Å². The molecule has 108 valence electrons. The zero-order valence-corrected chi connectivity index (χ0v) is 12.4. The number of rotatable bonds is 5. The second-order valence-corrected chi connectivity index (χ2v) is 5.16. The monoisotopic (exact) mass is 275 g/mol. The fraction of sp³-hybridized carbons (Fsp3) is 0.562. The number of nitrogens with zero attached hydrogens (tertiary/aromatic N) is 1. The molecule has 0 unspecified atom stereocenters. The zero-order chi connectivity index (χ0) is 14.6. The van der Waals surface area contributed by atoms with Crippen molar-refractivity contribution in [2.75, 3.05) is 14.2 Å². The molecule has 1 aliphatic rings. The highest BCUT2D eigenvalue weighted by Crippen LogP contribution is 2.47. The van der Waals surface area contributed by atoms with Crippen LogP contribution in [0.3, 0.4) is 0 Å². The van der Waals surface area contributed by atoms with Crippen molar-refractivity contribution in [3.05, 3.63) is 23.3 Å². The van der Waals surface area contributed by atoms with Gasteiger partial charge in [-0.1, -0.05) is 19.8 Å². The Morgan fingerprint density at radius 1 is 1.20 bits per heavy atom. The van der Waals surface area contributed by atoms with Gasteiger partial charge in [-0.2, -0.15) is 4.99 Å². The SMILES string of the molecule is CCc1cc(OC)c(C2(N=C=O)CCCC2)cc1OC. The fourth-order valence-corrected chi connectivity index (χ4v) is 3.09. The topological polar surface area (TPSA) is 47.9 Å². The average Bonchev–Trinajstić information content (AvgIpc) is 2.95. The van der Waals surface area contributed by atoms with E-state index in [4.69, 9.17) is 9.47 Å². The Kier molecular flexibility index (Phi) is 4.46. The van der Waals surface area contributed by atoms with Crippen LogP contribution in [0.5, 0.6) is 11.5 Å². The largest absolute Gasteiger partial charge is 0.496 e. The molecule has 0 bridgehead atoms. The molecule has 0 N–H and O–H groups in total. The van der Waals surface area contributed by atoms with E-state index in [9.17, 15) is 4.79 Å². The lowest BCUT2D eigenvalue weighted by Crippen LogP contribution is -2.20. The van der Waals surface area contributed by atoms with Crippen molar-refractivity contribution in [2.24, 2.45) is 4.99 Å². The molecule has 0 heterocycles. The molecule has 2 rings (SSSR count). The molecular formula is C16H21NO3. The first-order valence-electron chi connectivity index (χ1n) is 7.05. The smallest absolute Gasteiger partial charge is 0.235 e. The lowest BCUT2D eigenvalue weighted by atomic mass is 9.87. The van der Waals surface area contributed by atoms with Gasteiger partial charge in [0.25, 0.3) is 0 Å². The van der Waals surface area contributed by atoms with Crippen LogP contribution in [0, 0.1) is 0 Å². The number of aryl methyl sites for hydroxylation is 1. The van der Waals surface area contributed by atoms with E-state index in [0.717, 1.165) is 54.7 Å². The number of aliphatic imine (C=N–C) groups is 1. The van der Waals surface area contributed by atoms with E-state index in [2.05, 4.69) is 11.9 Å². The minimum atomic E-state index is -0.493. The molecule has 1 aromatic carbocycles. The molecule has 0 aromatic heterocycles. The predicted molar refractivity (Wildman–Crippen MR) is 77.2 cm³/mol. The number of isocyanates is 1. The Bertz CT molecular complexity index is 527. The predicted octanol–water partition coefficient (Wildman–Crippen LogP) is 3.37. The van der Waals surface area contributed by atoms with E-state index in [1.165, 1.54) is 0 Å². The first-order valence-corrected chi connectivity index (χ1v) is 7.05. The third-order valence-corrected chi connectivity index (χ3v) is 4.18. The van der Waals surface area contributed by atoms with Gasteiger partial charge < -0.3 is 9.47 Å². The lowest BCUT2D eigenvalue weighted by Gasteiger charge is -2.26. The summed E-state index contributed by atoms with van der Waals surface area (Å²) in [4.78, 5) is 15.0. The van der Waals surface area contributed by atoms with Crippen LogP contribution in [0.15, 0.2) is 17.1 Å². The van der Waals surface area contributed by atoms with E-state index in [1.54, 1.807) is 20.3 Å². The summed E-state index contributed by atoms with van der Waals surface area (Å²) >= 11 is 0. The van der Waals surface area contributed by atoms with Crippen LogP contribution < -0.4 is 9.47 Å². The minimum absolute atomic E-state index is 0.493. The molecule has 0 aliphatic heterocycles. The second-order valence-electron chi connectivity index (χ2n) is 5.16. The molecule has 1 aromatic rings. The van der Waals surface area contributed by atoms with Gasteiger partial charge in [0.05, 0.1) is 14.2 Å². The van der Waals surface area contributed by atoms with Crippen molar-refractivity contribution in [2.45, 2.75) is 44.6 Å². The van der Waals surface area contributed by atoms with Crippen molar-refractivity contribution in [3.63, 3.8) is 0 Å². The Morgan fingerprint density at radius 2 is 1.85 bits per heavy atom. The summed E-state index contributed by atoms with van der Waals surface area (Å²) in [5, 5.41) is 0. The van der Waals surface area contributed by atoms with Gasteiger partial charge in [-0.05, 0) is 37.0 Å². The highest BCUT2D eigenvalue weighted by atomic mass is 16.5. The van der Waals surface area contributed by atoms with Gasteiger partial charge in [0, 0.05) is 5.56 Å². The summed E-state index contributed by atoms with van der Waals surface area (Å²) in [6, 6.07) is 3.97. The standard InChI is InChI=1S/C16H21NO3/c1-4-12-9-15(20-3)13(10-14(12)19-2)16(17-11-18)7-5-6-8-16/h9-10H,4-8H2,1-3H3. The first kappa shape index (κ1) is 14.6. The average molecular weight is 275 g/mol. The van der Waals surface area contributed by atoms with Crippen LogP contribution in [-0.4, -0.2) is 20.3 Å². The molecule has 0 amide bonds. The summed E-state index contributed by atoms with van der Waals surface area (Å²) in [6.45, 7) is 2.08. The number of benzene rings is 1. The highest BCUT2D eigenvalue weighted by molar-refractivity contribution is 5.51. The van der Waals surface area contributed by atoms with E-state index >= 15 is 0 Å². The molecule has 0 saturated heterocycles. The summed E-state index contributed by atoms with van der Waals surface area (Å²) in [6.07, 6.45) is 6.44. The van der Waals surface area contributed by atoms with Crippen LogP contribution >= 0.6 is 0 Å². The van der Waals surface area contributed by atoms with Gasteiger partial charge in [-0.25, -0.2) is 4.79 Å². The molecule has 1 aliphatic carbocycles. The Morgan fingerprint density at radius 3 is 2.35 bits per heavy atom. The van der Waals surface area contributed by atoms with Gasteiger partial charge in [0.1, 0.15) is 17.0 Å². The lowest BCUT2D eigenvalue weighted by molar-refractivity contribution is 0.369. The summed E-state index contributed by atoms with van der Waals surface area (Å²) < 4.78 is 11.0. The van der Waals surface area contributed by atoms with Crippen molar-refractivity contribution >= 4 is 6.08 Å². The summed E-state index contributed by atoms with van der Waals surface area (Å²) in [5.74, 6) is 1.61. The van der Waals surface area contributed by atoms with Gasteiger partial charge in [-0.15, -0.1) is 0 Å². The molecule has 4 heteroatoms. The first-order chi connectivity index (χ1) is 9.70. The normalized spacial score (nSPS) is 16.6. The van der Waals surface area contributed by atoms with E-state index in [1.807, 2.05) is 12.1 Å². The molecule has 20 heavy (non-hydrogen) atoms. The van der Waals surface area contributed by atoms with Gasteiger partial charge in [0.15, 0.2) is 0 Å². The van der Waals surface area contributed by atoms with Gasteiger partial charge in [-0.3, -0.25) is 0 Å². The summed E-state index contributed by atoms with van der Waals surface area (Å²) in [5.41, 5.74) is 1.54. The maximum Gasteiger partial charge on any atom is 0.235 e. The Balaban J connectivity index is 2.61. The highest BCUT2D eigenvalue weighted by Gasteiger charge is 2.38. The quantitative estimate of drug-likeness (QED) is 0.611. The number of methoxy groups -OCH3 is 2. The third-order valence-electron chi connectivity index (χ3n) is 4.18. The molecule has 1 fully saturated rings. The van der Waals surface area contributed by atoms with E-state index in [-0.39, 0.29) is 0 Å². The maximum atomic E-state index is 10.9. The number of ether oxygens (including phenoxy) is 2. The number of carbonyl (C=O) groups excluding carboxylic acids is 1. The van der Waals surface area contributed by atoms with Crippen molar-refractivity contribution in [3.8, 4) is 11.5 Å². The van der Waals surface area contributed by atoms with Crippen LogP contribution in [-0.2, 0) is 16.8 Å². The Hall–Kier alpha value is -1.80. The molecule has 4 nitrogen and oxygen atoms in total. The molecule has 0 atom stereocenters. The Labute approximate surface area is 119 Å². The molecule has 1 saturated carbocycles. The second kappa shape index (κ2) is 6.10. The third kappa shape index (κ3) is 2.44. The molecule has 0 radical (unpaired) electrons. The van der Waals surface area contributed by atoms with Crippen molar-refractivity contribution in [1.29, 1.82) is 0 Å². The zero-order valence-electron chi connectivity index (χ0n) is 12.4. The fourth-order valence-electron chi connectivity index (χ4n) is 3.09. The van der Waals surface area contributed by atoms with E-state index < -0.39 is 5.54 Å². The van der Waals surface area contributed by atoms with E-state index in [0.29, 0.717) is 0 Å². The van der Waals surface area contributed by atoms with Crippen molar-refractivity contribution in [1.82, 2.24) is 0 Å². The minimum Gasteiger partial charge on any atom is -0.496 e. The van der Waals surface area contributed by atoms with Crippen LogP contribution in [0.4, 0.5) is 0 Å². The van der Waals surface area contributed by atoms with Gasteiger partial charge >= 0.3 is 0 Å². The van der Waals surface area contributed by atoms with Crippen LogP contribution in [0.25, 0.3) is 0 Å². The van der Waals surface area contributed by atoms with Crippen molar-refractivity contribution < 1.29 is 14.3 Å². The van der Waals surface area contributed by atoms with Crippen LogP contribution in [0.1, 0.15) is 43.7 Å². The number of hydrogen-bond donors (Lipinski definition) is 0.